The summed E-state index contributed by atoms with van der Waals surface area (Å²) in [4.78, 5) is 13.9. The van der Waals surface area contributed by atoms with E-state index < -0.39 is 0 Å². The maximum absolute atomic E-state index is 11.8. The maximum Gasteiger partial charge on any atom is 0.232 e. The van der Waals surface area contributed by atoms with Gasteiger partial charge >= 0.3 is 0 Å². The average Bonchev–Trinajstić information content (AvgIpc) is 2.67. The maximum atomic E-state index is 11.8. The van der Waals surface area contributed by atoms with Crippen molar-refractivity contribution in [2.45, 2.75) is 19.3 Å². The molecule has 2 fully saturated rings. The minimum atomic E-state index is 0.327. The fraction of sp³-hybridized carbons (Fsp3) is 0.909. The molecule has 1 spiro atoms. The molecular formula is C11H20N2OS. The SMILES string of the molecule is CSCC(=O)N1CCCC2(CCNC2)C1. The van der Waals surface area contributed by atoms with Crippen LogP contribution >= 0.6 is 11.8 Å². The second-order valence-electron chi connectivity index (χ2n) is 4.78. The van der Waals surface area contributed by atoms with Gasteiger partial charge in [0.25, 0.3) is 0 Å². The quantitative estimate of drug-likeness (QED) is 0.764. The van der Waals surface area contributed by atoms with E-state index in [1.54, 1.807) is 11.8 Å². The van der Waals surface area contributed by atoms with Crippen molar-refractivity contribution in [2.24, 2.45) is 5.41 Å². The first-order valence-corrected chi connectivity index (χ1v) is 7.13. The molecule has 1 atom stereocenters. The number of likely N-dealkylation sites (tertiary alicyclic amines) is 1. The van der Waals surface area contributed by atoms with Crippen LogP contribution in [0, 0.1) is 5.41 Å². The van der Waals surface area contributed by atoms with E-state index in [1.807, 2.05) is 6.26 Å². The predicted molar refractivity (Wildman–Crippen MR) is 64.1 cm³/mol. The number of amides is 1. The van der Waals surface area contributed by atoms with E-state index in [0.717, 1.165) is 26.2 Å². The number of piperidine rings is 1. The van der Waals surface area contributed by atoms with Gasteiger partial charge in [-0.3, -0.25) is 4.79 Å². The van der Waals surface area contributed by atoms with Gasteiger partial charge in [0.15, 0.2) is 0 Å². The molecule has 86 valence electrons. The van der Waals surface area contributed by atoms with E-state index >= 15 is 0 Å². The fourth-order valence-electron chi connectivity index (χ4n) is 2.78. The summed E-state index contributed by atoms with van der Waals surface area (Å²) in [5, 5.41) is 3.43. The molecule has 0 aromatic heterocycles. The van der Waals surface area contributed by atoms with Crippen molar-refractivity contribution < 1.29 is 4.79 Å². The monoisotopic (exact) mass is 228 g/mol. The van der Waals surface area contributed by atoms with Gasteiger partial charge in [-0.1, -0.05) is 0 Å². The standard InChI is InChI=1S/C11H20N2OS/c1-15-7-10(14)13-6-2-3-11(9-13)4-5-12-8-11/h12H,2-9H2,1H3. The number of hydrogen-bond acceptors (Lipinski definition) is 3. The number of rotatable bonds is 2. The second kappa shape index (κ2) is 4.74. The number of carbonyl (C=O) groups excluding carboxylic acids is 1. The van der Waals surface area contributed by atoms with Crippen molar-refractivity contribution in [3.8, 4) is 0 Å². The van der Waals surface area contributed by atoms with Crippen molar-refractivity contribution in [3.05, 3.63) is 0 Å². The molecule has 0 aromatic rings. The van der Waals surface area contributed by atoms with Crippen LogP contribution < -0.4 is 5.32 Å². The molecule has 2 heterocycles. The lowest BCUT2D eigenvalue weighted by atomic mass is 9.79. The van der Waals surface area contributed by atoms with Crippen LogP contribution in [0.2, 0.25) is 0 Å². The Hall–Kier alpha value is -0.220. The molecule has 15 heavy (non-hydrogen) atoms. The molecule has 0 saturated carbocycles. The first kappa shape index (κ1) is 11.3. The molecule has 1 N–H and O–H groups in total. The molecule has 1 unspecified atom stereocenters. The first-order chi connectivity index (χ1) is 7.26. The highest BCUT2D eigenvalue weighted by Gasteiger charge is 2.38. The third-order valence-electron chi connectivity index (χ3n) is 3.61. The molecule has 0 aliphatic carbocycles. The summed E-state index contributed by atoms with van der Waals surface area (Å²) in [6.07, 6.45) is 5.72. The molecule has 2 aliphatic rings. The van der Waals surface area contributed by atoms with E-state index in [1.165, 1.54) is 19.3 Å². The van der Waals surface area contributed by atoms with Gasteiger partial charge in [-0.2, -0.15) is 11.8 Å². The highest BCUT2D eigenvalue weighted by Crippen LogP contribution is 2.35. The highest BCUT2D eigenvalue weighted by atomic mass is 32.2. The molecule has 3 nitrogen and oxygen atoms in total. The van der Waals surface area contributed by atoms with Crippen molar-refractivity contribution in [2.75, 3.05) is 38.2 Å². The molecule has 1 amide bonds. The summed E-state index contributed by atoms with van der Waals surface area (Å²) in [6, 6.07) is 0. The van der Waals surface area contributed by atoms with Crippen molar-refractivity contribution in [1.82, 2.24) is 10.2 Å². The minimum absolute atomic E-state index is 0.327. The Bertz CT molecular complexity index is 239. The largest absolute Gasteiger partial charge is 0.341 e. The zero-order chi connectivity index (χ0) is 10.7. The van der Waals surface area contributed by atoms with E-state index in [0.29, 0.717) is 17.1 Å². The third kappa shape index (κ3) is 2.48. The number of nitrogens with zero attached hydrogens (tertiary/aromatic N) is 1. The van der Waals surface area contributed by atoms with E-state index in [2.05, 4.69) is 10.2 Å². The topological polar surface area (TPSA) is 32.3 Å². The summed E-state index contributed by atoms with van der Waals surface area (Å²) >= 11 is 1.63. The Morgan fingerprint density at radius 3 is 3.07 bits per heavy atom. The van der Waals surface area contributed by atoms with Crippen LogP contribution in [0.4, 0.5) is 0 Å². The van der Waals surface area contributed by atoms with Crippen LogP contribution in [0.5, 0.6) is 0 Å². The van der Waals surface area contributed by atoms with Crippen LogP contribution in [0.1, 0.15) is 19.3 Å². The lowest BCUT2D eigenvalue weighted by Crippen LogP contribution is -2.47. The Morgan fingerprint density at radius 1 is 1.53 bits per heavy atom. The molecule has 2 rings (SSSR count). The Kier molecular flexibility index (Phi) is 3.57. The highest BCUT2D eigenvalue weighted by molar-refractivity contribution is 7.99. The molecule has 0 aromatic carbocycles. The molecule has 2 saturated heterocycles. The Balaban J connectivity index is 1.94. The van der Waals surface area contributed by atoms with Gasteiger partial charge in [0.2, 0.25) is 5.91 Å². The van der Waals surface area contributed by atoms with Crippen LogP contribution in [0.3, 0.4) is 0 Å². The van der Waals surface area contributed by atoms with Crippen molar-refractivity contribution in [1.29, 1.82) is 0 Å². The number of nitrogens with one attached hydrogen (secondary N) is 1. The smallest absolute Gasteiger partial charge is 0.232 e. The van der Waals surface area contributed by atoms with E-state index in [-0.39, 0.29) is 0 Å². The van der Waals surface area contributed by atoms with Crippen molar-refractivity contribution >= 4 is 17.7 Å². The molecule has 4 heteroatoms. The van der Waals surface area contributed by atoms with Crippen LogP contribution in [0.15, 0.2) is 0 Å². The zero-order valence-electron chi connectivity index (χ0n) is 9.42. The number of hydrogen-bond donors (Lipinski definition) is 1. The van der Waals surface area contributed by atoms with Gasteiger partial charge in [0, 0.05) is 25.0 Å². The number of carbonyl (C=O) groups is 1. The number of thioether (sulfide) groups is 1. The van der Waals surface area contributed by atoms with Crippen LogP contribution in [-0.4, -0.2) is 49.0 Å². The zero-order valence-corrected chi connectivity index (χ0v) is 10.2. The second-order valence-corrected chi connectivity index (χ2v) is 5.64. The van der Waals surface area contributed by atoms with Crippen LogP contribution in [-0.2, 0) is 4.79 Å². The van der Waals surface area contributed by atoms with Gasteiger partial charge in [-0.25, -0.2) is 0 Å². The summed E-state index contributed by atoms with van der Waals surface area (Å²) in [6.45, 7) is 4.20. The van der Waals surface area contributed by atoms with Crippen molar-refractivity contribution in [3.63, 3.8) is 0 Å². The van der Waals surface area contributed by atoms with Crippen LogP contribution in [0.25, 0.3) is 0 Å². The molecular weight excluding hydrogens is 208 g/mol. The lowest BCUT2D eigenvalue weighted by molar-refractivity contribution is -0.131. The Labute approximate surface area is 96.0 Å². The normalized spacial score (nSPS) is 31.1. The minimum Gasteiger partial charge on any atom is -0.341 e. The van der Waals surface area contributed by atoms with E-state index in [4.69, 9.17) is 0 Å². The fourth-order valence-corrected chi connectivity index (χ4v) is 3.21. The summed E-state index contributed by atoms with van der Waals surface area (Å²) in [5.41, 5.74) is 0.409. The van der Waals surface area contributed by atoms with Gasteiger partial charge in [-0.15, -0.1) is 0 Å². The lowest BCUT2D eigenvalue weighted by Gasteiger charge is -2.40. The Morgan fingerprint density at radius 2 is 2.40 bits per heavy atom. The van der Waals surface area contributed by atoms with Gasteiger partial charge in [0.1, 0.15) is 0 Å². The summed E-state index contributed by atoms with van der Waals surface area (Å²) < 4.78 is 0. The predicted octanol–water partition coefficient (Wildman–Crippen LogP) is 0.952. The van der Waals surface area contributed by atoms with E-state index in [9.17, 15) is 4.79 Å². The average molecular weight is 228 g/mol. The molecule has 0 bridgehead atoms. The van der Waals surface area contributed by atoms with Gasteiger partial charge in [0.05, 0.1) is 5.75 Å². The first-order valence-electron chi connectivity index (χ1n) is 5.73. The summed E-state index contributed by atoms with van der Waals surface area (Å²) in [7, 11) is 0. The third-order valence-corrected chi connectivity index (χ3v) is 4.15. The molecule has 0 radical (unpaired) electrons. The van der Waals surface area contributed by atoms with Gasteiger partial charge in [-0.05, 0) is 32.1 Å². The molecule has 2 aliphatic heterocycles. The summed E-state index contributed by atoms with van der Waals surface area (Å²) in [5.74, 6) is 0.970. The van der Waals surface area contributed by atoms with Gasteiger partial charge < -0.3 is 10.2 Å².